The van der Waals surface area contributed by atoms with E-state index in [1.807, 2.05) is 0 Å². The van der Waals surface area contributed by atoms with Crippen molar-refractivity contribution in [3.05, 3.63) is 69.9 Å². The van der Waals surface area contributed by atoms with Gasteiger partial charge in [0.15, 0.2) is 29.0 Å². The number of benzene rings is 2. The number of aromatic hydroxyl groups is 1. The number of rotatable bonds is 3. The molecule has 3 rings (SSSR count). The van der Waals surface area contributed by atoms with Gasteiger partial charge in [-0.05, 0) is 35.9 Å². The maximum Gasteiger partial charge on any atom is 0.206 e. The molecular formula is C17H8F5NO2S. The van der Waals surface area contributed by atoms with Gasteiger partial charge in [0.05, 0.1) is 16.1 Å². The predicted octanol–water partition coefficient (Wildman–Crippen LogP) is 4.63. The first-order valence-electron chi connectivity index (χ1n) is 6.96. The zero-order valence-electron chi connectivity index (χ0n) is 12.6. The predicted molar refractivity (Wildman–Crippen MR) is 85.5 cm³/mol. The fraction of sp³-hybridized carbons (Fsp3) is 0. The number of carbonyl (C=O) groups excluding carboxylic acids is 1. The SMILES string of the molecule is Nc1cc(-c2ccc(C(=O)c3cc(F)c(F)c(O)c3F)s2)cc(F)c1F. The van der Waals surface area contributed by atoms with Crippen molar-refractivity contribution in [2.75, 3.05) is 5.73 Å². The number of thiophene rings is 1. The van der Waals surface area contributed by atoms with Crippen LogP contribution in [0.3, 0.4) is 0 Å². The lowest BCUT2D eigenvalue weighted by molar-refractivity contribution is 0.103. The van der Waals surface area contributed by atoms with Gasteiger partial charge in [-0.3, -0.25) is 4.79 Å². The topological polar surface area (TPSA) is 63.3 Å². The van der Waals surface area contributed by atoms with Gasteiger partial charge in [0, 0.05) is 4.88 Å². The van der Waals surface area contributed by atoms with E-state index < -0.39 is 51.9 Å². The highest BCUT2D eigenvalue weighted by Crippen LogP contribution is 2.34. The van der Waals surface area contributed by atoms with Crippen LogP contribution in [-0.2, 0) is 0 Å². The van der Waals surface area contributed by atoms with Crippen LogP contribution in [0.1, 0.15) is 15.2 Å². The molecule has 9 heteroatoms. The molecule has 2 aromatic carbocycles. The molecule has 3 aromatic rings. The van der Waals surface area contributed by atoms with Crippen molar-refractivity contribution in [1.29, 1.82) is 0 Å². The van der Waals surface area contributed by atoms with E-state index in [1.165, 1.54) is 12.1 Å². The highest BCUT2D eigenvalue weighted by atomic mass is 32.1. The number of ketones is 1. The zero-order chi connectivity index (χ0) is 19.2. The van der Waals surface area contributed by atoms with Crippen molar-refractivity contribution in [2.45, 2.75) is 0 Å². The van der Waals surface area contributed by atoms with Gasteiger partial charge < -0.3 is 10.8 Å². The smallest absolute Gasteiger partial charge is 0.206 e. The van der Waals surface area contributed by atoms with Gasteiger partial charge >= 0.3 is 0 Å². The summed E-state index contributed by atoms with van der Waals surface area (Å²) in [6, 6.07) is 4.99. The molecular weight excluding hydrogens is 377 g/mol. The third-order valence-electron chi connectivity index (χ3n) is 3.55. The molecule has 0 saturated heterocycles. The van der Waals surface area contributed by atoms with Gasteiger partial charge in [-0.1, -0.05) is 0 Å². The lowest BCUT2D eigenvalue weighted by Gasteiger charge is -2.05. The van der Waals surface area contributed by atoms with E-state index in [9.17, 15) is 31.9 Å². The molecule has 0 unspecified atom stereocenters. The van der Waals surface area contributed by atoms with Crippen molar-refractivity contribution in [2.24, 2.45) is 0 Å². The molecule has 0 saturated carbocycles. The Morgan fingerprint density at radius 3 is 2.23 bits per heavy atom. The Kier molecular flexibility index (Phi) is 4.41. The Balaban J connectivity index is 2.02. The van der Waals surface area contributed by atoms with Gasteiger partial charge in [-0.2, -0.15) is 4.39 Å². The van der Waals surface area contributed by atoms with Crippen LogP contribution in [0.4, 0.5) is 27.6 Å². The van der Waals surface area contributed by atoms with Crippen molar-refractivity contribution >= 4 is 22.8 Å². The molecule has 0 aliphatic carbocycles. The highest BCUT2D eigenvalue weighted by Gasteiger charge is 2.24. The first kappa shape index (κ1) is 17.9. The van der Waals surface area contributed by atoms with Crippen LogP contribution in [0.25, 0.3) is 10.4 Å². The molecule has 0 spiro atoms. The molecule has 3 N–H and O–H groups in total. The second kappa shape index (κ2) is 6.41. The molecule has 1 heterocycles. The van der Waals surface area contributed by atoms with E-state index in [0.29, 0.717) is 10.9 Å². The van der Waals surface area contributed by atoms with Crippen LogP contribution >= 0.6 is 11.3 Å². The van der Waals surface area contributed by atoms with Crippen LogP contribution in [-0.4, -0.2) is 10.9 Å². The largest absolute Gasteiger partial charge is 0.503 e. The molecule has 0 fully saturated rings. The van der Waals surface area contributed by atoms with Crippen LogP contribution in [0.15, 0.2) is 30.3 Å². The maximum atomic E-state index is 13.9. The average Bonchev–Trinajstić information content (AvgIpc) is 3.10. The number of nitrogen functional groups attached to an aromatic ring is 1. The van der Waals surface area contributed by atoms with Crippen molar-refractivity contribution in [3.63, 3.8) is 0 Å². The summed E-state index contributed by atoms with van der Waals surface area (Å²) in [5, 5.41) is 9.20. The Morgan fingerprint density at radius 1 is 0.923 bits per heavy atom. The summed E-state index contributed by atoms with van der Waals surface area (Å²) < 4.78 is 67.1. The van der Waals surface area contributed by atoms with E-state index in [1.54, 1.807) is 0 Å². The number of phenols is 1. The molecule has 0 atom stereocenters. The number of hydrogen-bond acceptors (Lipinski definition) is 4. The molecule has 0 amide bonds. The van der Waals surface area contributed by atoms with Gasteiger partial charge in [-0.15, -0.1) is 11.3 Å². The third kappa shape index (κ3) is 2.90. The van der Waals surface area contributed by atoms with E-state index >= 15 is 0 Å². The Bertz CT molecular complexity index is 1020. The number of phenolic OH excluding ortho intramolecular Hbond substituents is 1. The summed E-state index contributed by atoms with van der Waals surface area (Å²) >= 11 is 0.778. The van der Waals surface area contributed by atoms with Crippen LogP contribution < -0.4 is 5.73 Å². The minimum Gasteiger partial charge on any atom is -0.503 e. The van der Waals surface area contributed by atoms with Crippen molar-refractivity contribution < 1.29 is 31.9 Å². The summed E-state index contributed by atoms with van der Waals surface area (Å²) in [4.78, 5) is 12.5. The average molecular weight is 385 g/mol. The van der Waals surface area contributed by atoms with Gasteiger partial charge in [0.2, 0.25) is 11.6 Å². The second-order valence-electron chi connectivity index (χ2n) is 5.24. The molecule has 0 aliphatic heterocycles. The Hall–Kier alpha value is -2.94. The van der Waals surface area contributed by atoms with Crippen molar-refractivity contribution in [1.82, 2.24) is 0 Å². The molecule has 3 nitrogen and oxygen atoms in total. The van der Waals surface area contributed by atoms with Crippen LogP contribution in [0.5, 0.6) is 5.75 Å². The molecule has 0 aliphatic rings. The second-order valence-corrected chi connectivity index (χ2v) is 6.32. The molecule has 0 bridgehead atoms. The first-order valence-corrected chi connectivity index (χ1v) is 7.78. The summed E-state index contributed by atoms with van der Waals surface area (Å²) in [5.41, 5.74) is 4.24. The fourth-order valence-corrected chi connectivity index (χ4v) is 3.20. The normalized spacial score (nSPS) is 11.0. The Labute approximate surface area is 147 Å². The quantitative estimate of drug-likeness (QED) is 0.299. The minimum absolute atomic E-state index is 0.0902. The lowest BCUT2D eigenvalue weighted by atomic mass is 10.1. The number of halogens is 5. The molecule has 0 radical (unpaired) electrons. The van der Waals surface area contributed by atoms with Crippen molar-refractivity contribution in [3.8, 4) is 16.2 Å². The maximum absolute atomic E-state index is 13.9. The number of anilines is 1. The monoisotopic (exact) mass is 385 g/mol. The van der Waals surface area contributed by atoms with E-state index in [-0.39, 0.29) is 10.4 Å². The van der Waals surface area contributed by atoms with Gasteiger partial charge in [0.25, 0.3) is 0 Å². The van der Waals surface area contributed by atoms with Crippen LogP contribution in [0.2, 0.25) is 0 Å². The van der Waals surface area contributed by atoms with Gasteiger partial charge in [0.1, 0.15) is 0 Å². The summed E-state index contributed by atoms with van der Waals surface area (Å²) in [7, 11) is 0. The number of hydrogen-bond donors (Lipinski definition) is 2. The minimum atomic E-state index is -1.80. The zero-order valence-corrected chi connectivity index (χ0v) is 13.4. The number of carbonyl (C=O) groups is 1. The summed E-state index contributed by atoms with van der Waals surface area (Å²) in [6.07, 6.45) is 0. The highest BCUT2D eigenvalue weighted by molar-refractivity contribution is 7.17. The Morgan fingerprint density at radius 2 is 1.58 bits per heavy atom. The third-order valence-corrected chi connectivity index (χ3v) is 4.68. The summed E-state index contributed by atoms with van der Waals surface area (Å²) in [6.45, 7) is 0. The van der Waals surface area contributed by atoms with E-state index in [2.05, 4.69) is 0 Å². The molecule has 26 heavy (non-hydrogen) atoms. The van der Waals surface area contributed by atoms with Gasteiger partial charge in [-0.25, -0.2) is 17.6 Å². The molecule has 1 aromatic heterocycles. The van der Waals surface area contributed by atoms with Crippen LogP contribution in [0, 0.1) is 29.1 Å². The summed E-state index contributed by atoms with van der Waals surface area (Å²) in [5.74, 6) is -9.98. The molecule has 134 valence electrons. The lowest BCUT2D eigenvalue weighted by Crippen LogP contribution is -2.05. The standard InChI is InChI=1S/C17H8F5NO2S/c18-8-3-6(4-10(23)14(8)21)11-1-2-12(26-11)16(24)7-5-9(19)15(22)17(25)13(7)20/h1-5,25H,23H2. The van der Waals surface area contributed by atoms with E-state index in [0.717, 1.165) is 23.5 Å². The number of nitrogens with two attached hydrogens (primary N) is 1. The van der Waals surface area contributed by atoms with E-state index in [4.69, 9.17) is 5.73 Å². The fourth-order valence-electron chi connectivity index (χ4n) is 2.26. The first-order chi connectivity index (χ1) is 12.2.